The van der Waals surface area contributed by atoms with Crippen LogP contribution in [0.3, 0.4) is 0 Å². The Morgan fingerprint density at radius 2 is 2.08 bits per heavy atom. The van der Waals surface area contributed by atoms with Crippen molar-refractivity contribution in [3.63, 3.8) is 0 Å². The maximum atomic E-state index is 8.92. The van der Waals surface area contributed by atoms with Crippen LogP contribution >= 0.6 is 0 Å². The molecular weight excluding hydrogens is 152 g/mol. The van der Waals surface area contributed by atoms with Gasteiger partial charge in [-0.25, -0.2) is 0 Å². The summed E-state index contributed by atoms with van der Waals surface area (Å²) in [6.45, 7) is 4.91. The van der Waals surface area contributed by atoms with Gasteiger partial charge < -0.3 is 15.3 Å². The summed E-state index contributed by atoms with van der Waals surface area (Å²) < 4.78 is 0. The first kappa shape index (κ1) is 9.96. The molecule has 0 amide bonds. The summed E-state index contributed by atoms with van der Waals surface area (Å²) in [4.78, 5) is 2.46. The van der Waals surface area contributed by atoms with Crippen molar-refractivity contribution >= 4 is 0 Å². The normalized spacial score (nSPS) is 21.5. The van der Waals surface area contributed by atoms with Gasteiger partial charge in [-0.2, -0.15) is 0 Å². The minimum absolute atomic E-state index is 0.375. The molecule has 0 atom stereocenters. The molecule has 0 aromatic carbocycles. The van der Waals surface area contributed by atoms with Crippen molar-refractivity contribution in [1.82, 2.24) is 10.2 Å². The molecule has 0 saturated carbocycles. The van der Waals surface area contributed by atoms with E-state index in [0.717, 1.165) is 26.2 Å². The van der Waals surface area contributed by atoms with E-state index >= 15 is 0 Å². The van der Waals surface area contributed by atoms with E-state index in [1.54, 1.807) is 0 Å². The average Bonchev–Trinajstić information content (AvgIpc) is 2.15. The van der Waals surface area contributed by atoms with Gasteiger partial charge in [0.05, 0.1) is 0 Å². The molecule has 0 radical (unpaired) electrons. The average molecular weight is 172 g/mol. The number of nitrogens with zero attached hydrogens (tertiary/aromatic N) is 1. The molecule has 1 saturated heterocycles. The van der Waals surface area contributed by atoms with Gasteiger partial charge in [-0.05, 0) is 38.9 Å². The van der Waals surface area contributed by atoms with E-state index < -0.39 is 0 Å². The standard InChI is InChI=1S/C9H20N2O/c1-10-4-7-11-5-2-9(8-12)3-6-11/h9-10,12H,2-8H2,1H3. The van der Waals surface area contributed by atoms with Crippen LogP contribution < -0.4 is 5.32 Å². The highest BCUT2D eigenvalue weighted by Gasteiger charge is 2.17. The Morgan fingerprint density at radius 3 is 2.58 bits per heavy atom. The summed E-state index contributed by atoms with van der Waals surface area (Å²) in [6, 6.07) is 0. The van der Waals surface area contributed by atoms with E-state index in [9.17, 15) is 0 Å². The van der Waals surface area contributed by atoms with E-state index in [1.807, 2.05) is 7.05 Å². The molecular formula is C9H20N2O. The molecule has 3 heteroatoms. The Balaban J connectivity index is 2.09. The van der Waals surface area contributed by atoms with Crippen molar-refractivity contribution in [2.24, 2.45) is 5.92 Å². The molecule has 2 N–H and O–H groups in total. The lowest BCUT2D eigenvalue weighted by molar-refractivity contribution is 0.132. The number of aliphatic hydroxyl groups excluding tert-OH is 1. The molecule has 0 bridgehead atoms. The molecule has 1 heterocycles. The Bertz CT molecular complexity index is 111. The summed E-state index contributed by atoms with van der Waals surface area (Å²) in [5, 5.41) is 12.1. The fourth-order valence-corrected chi connectivity index (χ4v) is 1.66. The number of hydrogen-bond donors (Lipinski definition) is 2. The lowest BCUT2D eigenvalue weighted by Crippen LogP contribution is -2.38. The summed E-state index contributed by atoms with van der Waals surface area (Å²) in [7, 11) is 1.99. The zero-order chi connectivity index (χ0) is 8.81. The van der Waals surface area contributed by atoms with Crippen molar-refractivity contribution in [3.05, 3.63) is 0 Å². The minimum Gasteiger partial charge on any atom is -0.396 e. The van der Waals surface area contributed by atoms with Gasteiger partial charge in [0.25, 0.3) is 0 Å². The monoisotopic (exact) mass is 172 g/mol. The van der Waals surface area contributed by atoms with Crippen LogP contribution in [-0.2, 0) is 0 Å². The summed E-state index contributed by atoms with van der Waals surface area (Å²) >= 11 is 0. The molecule has 1 aliphatic rings. The fourth-order valence-electron chi connectivity index (χ4n) is 1.66. The zero-order valence-electron chi connectivity index (χ0n) is 7.92. The number of nitrogens with one attached hydrogen (secondary N) is 1. The number of hydrogen-bond acceptors (Lipinski definition) is 3. The summed E-state index contributed by atoms with van der Waals surface area (Å²) in [5.41, 5.74) is 0. The molecule has 1 rings (SSSR count). The second-order valence-corrected chi connectivity index (χ2v) is 3.57. The number of rotatable bonds is 4. The lowest BCUT2D eigenvalue weighted by atomic mass is 9.98. The van der Waals surface area contributed by atoms with Gasteiger partial charge in [-0.15, -0.1) is 0 Å². The maximum absolute atomic E-state index is 8.92. The maximum Gasteiger partial charge on any atom is 0.0460 e. The topological polar surface area (TPSA) is 35.5 Å². The van der Waals surface area contributed by atoms with Gasteiger partial charge in [-0.3, -0.25) is 0 Å². The molecule has 1 aliphatic heterocycles. The van der Waals surface area contributed by atoms with Crippen LogP contribution in [0.5, 0.6) is 0 Å². The van der Waals surface area contributed by atoms with E-state index in [2.05, 4.69) is 10.2 Å². The fraction of sp³-hybridized carbons (Fsp3) is 1.00. The smallest absolute Gasteiger partial charge is 0.0460 e. The summed E-state index contributed by atoms with van der Waals surface area (Å²) in [6.07, 6.45) is 2.33. The first-order valence-electron chi connectivity index (χ1n) is 4.84. The van der Waals surface area contributed by atoms with Crippen LogP contribution in [-0.4, -0.2) is 49.8 Å². The van der Waals surface area contributed by atoms with Gasteiger partial charge in [-0.1, -0.05) is 0 Å². The van der Waals surface area contributed by atoms with E-state index in [-0.39, 0.29) is 0 Å². The molecule has 3 nitrogen and oxygen atoms in total. The van der Waals surface area contributed by atoms with E-state index in [4.69, 9.17) is 5.11 Å². The Labute approximate surface area is 74.8 Å². The number of likely N-dealkylation sites (N-methyl/N-ethyl adjacent to an activating group) is 1. The SMILES string of the molecule is CNCCN1CCC(CO)CC1. The molecule has 12 heavy (non-hydrogen) atoms. The second-order valence-electron chi connectivity index (χ2n) is 3.57. The van der Waals surface area contributed by atoms with E-state index in [1.165, 1.54) is 12.8 Å². The molecule has 72 valence electrons. The third kappa shape index (κ3) is 3.09. The first-order chi connectivity index (χ1) is 5.86. The summed E-state index contributed by atoms with van der Waals surface area (Å²) in [5.74, 6) is 0.566. The lowest BCUT2D eigenvalue weighted by Gasteiger charge is -2.30. The van der Waals surface area contributed by atoms with Gasteiger partial charge in [0.1, 0.15) is 0 Å². The number of likely N-dealkylation sites (tertiary alicyclic amines) is 1. The van der Waals surface area contributed by atoms with Gasteiger partial charge in [0.15, 0.2) is 0 Å². The molecule has 1 fully saturated rings. The number of aliphatic hydroxyl groups is 1. The van der Waals surface area contributed by atoms with Gasteiger partial charge in [0.2, 0.25) is 0 Å². The largest absolute Gasteiger partial charge is 0.396 e. The Morgan fingerprint density at radius 1 is 1.42 bits per heavy atom. The van der Waals surface area contributed by atoms with Crippen molar-refractivity contribution < 1.29 is 5.11 Å². The van der Waals surface area contributed by atoms with Crippen LogP contribution in [0.4, 0.5) is 0 Å². The van der Waals surface area contributed by atoms with E-state index in [0.29, 0.717) is 12.5 Å². The van der Waals surface area contributed by atoms with Crippen LogP contribution in [0, 0.1) is 5.92 Å². The van der Waals surface area contributed by atoms with Crippen molar-refractivity contribution in [2.75, 3.05) is 39.8 Å². The third-order valence-corrected chi connectivity index (χ3v) is 2.64. The minimum atomic E-state index is 0.375. The Hall–Kier alpha value is -0.120. The molecule has 0 unspecified atom stereocenters. The van der Waals surface area contributed by atoms with Crippen LogP contribution in [0.25, 0.3) is 0 Å². The first-order valence-corrected chi connectivity index (χ1v) is 4.84. The van der Waals surface area contributed by atoms with Gasteiger partial charge in [0, 0.05) is 19.7 Å². The second kappa shape index (κ2) is 5.51. The quantitative estimate of drug-likeness (QED) is 0.622. The Kier molecular flexibility index (Phi) is 4.58. The molecule has 0 aromatic heterocycles. The van der Waals surface area contributed by atoms with Crippen molar-refractivity contribution in [3.8, 4) is 0 Å². The molecule has 0 aromatic rings. The molecule has 0 aliphatic carbocycles. The number of piperidine rings is 1. The highest BCUT2D eigenvalue weighted by atomic mass is 16.3. The van der Waals surface area contributed by atoms with Crippen molar-refractivity contribution in [2.45, 2.75) is 12.8 Å². The highest BCUT2D eigenvalue weighted by Crippen LogP contribution is 2.15. The highest BCUT2D eigenvalue weighted by molar-refractivity contribution is 4.71. The third-order valence-electron chi connectivity index (χ3n) is 2.64. The van der Waals surface area contributed by atoms with Crippen molar-refractivity contribution in [1.29, 1.82) is 0 Å². The predicted molar refractivity (Wildman–Crippen MR) is 50.2 cm³/mol. The van der Waals surface area contributed by atoms with Crippen LogP contribution in [0.2, 0.25) is 0 Å². The zero-order valence-corrected chi connectivity index (χ0v) is 7.92. The molecule has 0 spiro atoms. The van der Waals surface area contributed by atoms with Crippen LogP contribution in [0.15, 0.2) is 0 Å². The predicted octanol–water partition coefficient (Wildman–Crippen LogP) is -0.0899. The van der Waals surface area contributed by atoms with Gasteiger partial charge >= 0.3 is 0 Å². The van der Waals surface area contributed by atoms with Crippen LogP contribution in [0.1, 0.15) is 12.8 Å².